The lowest BCUT2D eigenvalue weighted by atomic mass is 9.70. The number of nitrogens with zero attached hydrogens (tertiary/aromatic N) is 2. The van der Waals surface area contributed by atoms with E-state index in [0.29, 0.717) is 42.0 Å². The summed E-state index contributed by atoms with van der Waals surface area (Å²) in [6.45, 7) is 7.74. The topological polar surface area (TPSA) is 86.8 Å². The molecule has 8 atom stereocenters. The molecule has 36 heavy (non-hydrogen) atoms. The maximum absolute atomic E-state index is 13.2. The second-order valence-corrected chi connectivity index (χ2v) is 11.6. The van der Waals surface area contributed by atoms with Crippen LogP contribution in [0.25, 0.3) is 0 Å². The summed E-state index contributed by atoms with van der Waals surface area (Å²) in [5.74, 6) is 0.648. The van der Waals surface area contributed by atoms with Gasteiger partial charge in [-0.3, -0.25) is 4.90 Å². The first-order chi connectivity index (χ1) is 17.4. The molecule has 5 bridgehead atoms. The number of carbonyl (C=O) groups excluding carboxylic acids is 2. The normalized spacial score (nSPS) is 45.9. The van der Waals surface area contributed by atoms with E-state index in [2.05, 4.69) is 11.8 Å². The standard InChI is InChI=1S/C27H36N2O7/c1-5-33-25(31)28(16-8-6-7-9-16)13-26-18-10-11-29(26)17-12-19(26)35-27(18)20(17)14(2)22(36-27)23-21(32-4)15(3)24(30)34-23/h14,16-20H,5-13H2,1-4H3/b23-22+/t14-,17-,18+,19-,20+,26+,27+/m0/s1. The van der Waals surface area contributed by atoms with Crippen LogP contribution < -0.4 is 0 Å². The zero-order valence-electron chi connectivity index (χ0n) is 21.6. The van der Waals surface area contributed by atoms with E-state index in [1.807, 2.05) is 11.8 Å². The number of esters is 1. The van der Waals surface area contributed by atoms with Crippen molar-refractivity contribution in [3.63, 3.8) is 0 Å². The summed E-state index contributed by atoms with van der Waals surface area (Å²) in [6.07, 6.45) is 6.07. The molecule has 196 valence electrons. The summed E-state index contributed by atoms with van der Waals surface area (Å²) in [5.41, 5.74) is 0.194. The number of allylic oxidation sites excluding steroid dienone is 1. The van der Waals surface area contributed by atoms with Crippen molar-refractivity contribution in [1.82, 2.24) is 9.80 Å². The SMILES string of the molecule is CCOC(=O)N(C[C@]12[C@@H]3C[C@H]4[C@H]5[C@H](C)/C(=C6\OC(=O)C(C)=C6OC)O[C@]5(O3)[C@@H]1CCN42)C1CCCC1. The molecule has 0 N–H and O–H groups in total. The van der Waals surface area contributed by atoms with Crippen molar-refractivity contribution in [3.05, 3.63) is 22.9 Å². The number of methoxy groups -OCH3 is 1. The quantitative estimate of drug-likeness (QED) is 0.532. The highest BCUT2D eigenvalue weighted by atomic mass is 16.7. The summed E-state index contributed by atoms with van der Waals surface area (Å²) in [5, 5.41) is 0. The van der Waals surface area contributed by atoms with Gasteiger partial charge >= 0.3 is 12.1 Å². The molecule has 1 aliphatic carbocycles. The van der Waals surface area contributed by atoms with E-state index in [4.69, 9.17) is 23.7 Å². The van der Waals surface area contributed by atoms with Gasteiger partial charge in [0.15, 0.2) is 5.76 Å². The van der Waals surface area contributed by atoms with Gasteiger partial charge in [-0.05, 0) is 46.1 Å². The number of cyclic esters (lactones) is 1. The number of rotatable bonds is 5. The summed E-state index contributed by atoms with van der Waals surface area (Å²) in [4.78, 5) is 30.2. The predicted molar refractivity (Wildman–Crippen MR) is 126 cm³/mol. The van der Waals surface area contributed by atoms with Gasteiger partial charge in [0, 0.05) is 30.5 Å². The van der Waals surface area contributed by atoms with E-state index in [0.717, 1.165) is 45.1 Å². The minimum atomic E-state index is -0.764. The summed E-state index contributed by atoms with van der Waals surface area (Å²) in [7, 11) is 1.56. The van der Waals surface area contributed by atoms with Crippen LogP contribution in [0.3, 0.4) is 0 Å². The van der Waals surface area contributed by atoms with Crippen LogP contribution >= 0.6 is 0 Å². The Kier molecular flexibility index (Phi) is 4.85. The Morgan fingerprint density at radius 1 is 1.25 bits per heavy atom. The molecule has 1 saturated carbocycles. The van der Waals surface area contributed by atoms with Gasteiger partial charge in [0.25, 0.3) is 0 Å². The average molecular weight is 501 g/mol. The highest BCUT2D eigenvalue weighted by Crippen LogP contribution is 2.72. The molecule has 0 aromatic rings. The number of hydrogen-bond acceptors (Lipinski definition) is 8. The van der Waals surface area contributed by atoms with Gasteiger partial charge in [-0.15, -0.1) is 0 Å². The fourth-order valence-corrected chi connectivity index (χ4v) is 9.04. The molecule has 0 aromatic heterocycles. The van der Waals surface area contributed by atoms with Crippen molar-refractivity contribution < 1.29 is 33.3 Å². The van der Waals surface area contributed by atoms with Crippen molar-refractivity contribution in [2.45, 2.75) is 88.8 Å². The van der Waals surface area contributed by atoms with Crippen LogP contribution in [0.4, 0.5) is 4.79 Å². The van der Waals surface area contributed by atoms with Crippen molar-refractivity contribution in [3.8, 4) is 0 Å². The smallest absolute Gasteiger partial charge is 0.410 e. The number of piperidine rings is 1. The Bertz CT molecular complexity index is 1080. The van der Waals surface area contributed by atoms with E-state index in [-0.39, 0.29) is 41.5 Å². The van der Waals surface area contributed by atoms with Gasteiger partial charge in [0.05, 0.1) is 36.9 Å². The number of ether oxygens (including phenoxy) is 5. The molecule has 9 heteroatoms. The van der Waals surface area contributed by atoms with E-state index < -0.39 is 11.8 Å². The third kappa shape index (κ3) is 2.58. The monoisotopic (exact) mass is 500 g/mol. The van der Waals surface area contributed by atoms with Crippen molar-refractivity contribution >= 4 is 12.1 Å². The number of amides is 1. The Labute approximate surface area is 211 Å². The molecule has 0 aromatic carbocycles. The van der Waals surface area contributed by atoms with Crippen LogP contribution in [0, 0.1) is 17.8 Å². The lowest BCUT2D eigenvalue weighted by Gasteiger charge is -2.49. The summed E-state index contributed by atoms with van der Waals surface area (Å²) < 4.78 is 30.5. The summed E-state index contributed by atoms with van der Waals surface area (Å²) >= 11 is 0. The second-order valence-electron chi connectivity index (χ2n) is 11.6. The molecule has 9 nitrogen and oxygen atoms in total. The lowest BCUT2D eigenvalue weighted by Crippen LogP contribution is -2.65. The van der Waals surface area contributed by atoms with E-state index in [9.17, 15) is 9.59 Å². The molecular weight excluding hydrogens is 464 g/mol. The third-order valence-corrected chi connectivity index (χ3v) is 10.3. The van der Waals surface area contributed by atoms with Crippen molar-refractivity contribution in [2.75, 3.05) is 26.8 Å². The number of carbonyl (C=O) groups is 2. The van der Waals surface area contributed by atoms with Crippen LogP contribution in [-0.4, -0.2) is 78.2 Å². The minimum absolute atomic E-state index is 0.00596. The van der Waals surface area contributed by atoms with Gasteiger partial charge in [0.2, 0.25) is 11.5 Å². The van der Waals surface area contributed by atoms with Crippen LogP contribution in [-0.2, 0) is 28.5 Å². The van der Waals surface area contributed by atoms with Crippen LogP contribution in [0.2, 0.25) is 0 Å². The zero-order valence-corrected chi connectivity index (χ0v) is 21.6. The van der Waals surface area contributed by atoms with Crippen LogP contribution in [0.1, 0.15) is 59.3 Å². The number of fused-ring (bicyclic) bond motifs is 1. The zero-order chi connectivity index (χ0) is 25.0. The average Bonchev–Trinajstić information content (AvgIpc) is 3.66. The highest BCUT2D eigenvalue weighted by molar-refractivity contribution is 5.93. The Hall–Kier alpha value is -2.26. The fraction of sp³-hybridized carbons (Fsp3) is 0.778. The molecule has 6 heterocycles. The molecule has 7 aliphatic rings. The number of hydrogen-bond donors (Lipinski definition) is 0. The minimum Gasteiger partial charge on any atom is -0.492 e. The molecule has 0 radical (unpaired) electrons. The molecule has 1 amide bonds. The molecule has 6 fully saturated rings. The fourth-order valence-electron chi connectivity index (χ4n) is 9.04. The van der Waals surface area contributed by atoms with Gasteiger partial charge < -0.3 is 28.6 Å². The Morgan fingerprint density at radius 2 is 2.03 bits per heavy atom. The largest absolute Gasteiger partial charge is 0.492 e. The second kappa shape index (κ2) is 7.63. The van der Waals surface area contributed by atoms with Gasteiger partial charge in [-0.2, -0.15) is 0 Å². The van der Waals surface area contributed by atoms with Gasteiger partial charge in [-0.25, -0.2) is 9.59 Å². The maximum atomic E-state index is 13.2. The molecular formula is C27H36N2O7. The first-order valence-corrected chi connectivity index (χ1v) is 13.7. The van der Waals surface area contributed by atoms with Crippen molar-refractivity contribution in [1.29, 1.82) is 0 Å². The predicted octanol–water partition coefficient (Wildman–Crippen LogP) is 3.30. The third-order valence-electron chi connectivity index (χ3n) is 10.3. The van der Waals surface area contributed by atoms with Crippen molar-refractivity contribution in [2.24, 2.45) is 17.8 Å². The Morgan fingerprint density at radius 3 is 2.75 bits per heavy atom. The molecule has 6 aliphatic heterocycles. The van der Waals surface area contributed by atoms with Gasteiger partial charge in [-0.1, -0.05) is 19.8 Å². The molecule has 1 unspecified atom stereocenters. The van der Waals surface area contributed by atoms with E-state index in [1.165, 1.54) is 0 Å². The van der Waals surface area contributed by atoms with E-state index in [1.54, 1.807) is 14.0 Å². The first-order valence-electron chi connectivity index (χ1n) is 13.7. The van der Waals surface area contributed by atoms with Gasteiger partial charge in [0.1, 0.15) is 5.76 Å². The molecule has 5 saturated heterocycles. The van der Waals surface area contributed by atoms with E-state index >= 15 is 0 Å². The lowest BCUT2D eigenvalue weighted by molar-refractivity contribution is -0.256. The summed E-state index contributed by atoms with van der Waals surface area (Å²) in [6, 6.07) is 0.526. The molecule has 1 spiro atoms. The Balaban J connectivity index is 1.28. The maximum Gasteiger partial charge on any atom is 0.410 e. The molecule has 7 rings (SSSR count). The highest BCUT2D eigenvalue weighted by Gasteiger charge is 2.84. The first kappa shape index (κ1) is 22.9. The van der Waals surface area contributed by atoms with Crippen LogP contribution in [0.15, 0.2) is 22.9 Å². The van der Waals surface area contributed by atoms with Crippen LogP contribution in [0.5, 0.6) is 0 Å².